The molecule has 1 saturated heterocycles. The molecule has 1 aliphatic rings. The second-order valence-electron chi connectivity index (χ2n) is 4.82. The van der Waals surface area contributed by atoms with Gasteiger partial charge < -0.3 is 10.1 Å². The van der Waals surface area contributed by atoms with Crippen LogP contribution in [0.1, 0.15) is 0 Å². The van der Waals surface area contributed by atoms with Gasteiger partial charge in [0.25, 0.3) is 5.91 Å². The summed E-state index contributed by atoms with van der Waals surface area (Å²) in [5, 5.41) is 8.51. The molecule has 1 aliphatic heterocycles. The van der Waals surface area contributed by atoms with Gasteiger partial charge in [-0.1, -0.05) is 12.1 Å². The Labute approximate surface area is 149 Å². The molecule has 1 unspecified atom stereocenters. The predicted octanol–water partition coefficient (Wildman–Crippen LogP) is 2.88. The van der Waals surface area contributed by atoms with Gasteiger partial charge in [-0.15, -0.1) is 35.5 Å². The van der Waals surface area contributed by atoms with Crippen molar-refractivity contribution < 1.29 is 9.53 Å². The highest BCUT2D eigenvalue weighted by atomic mass is 35.5. The molecule has 2 heterocycles. The summed E-state index contributed by atoms with van der Waals surface area (Å²) in [5.41, 5.74) is 1.92. The van der Waals surface area contributed by atoms with Crippen molar-refractivity contribution in [1.29, 1.82) is 0 Å². The van der Waals surface area contributed by atoms with Gasteiger partial charge in [-0.2, -0.15) is 0 Å². The molecule has 1 aromatic carbocycles. The van der Waals surface area contributed by atoms with Crippen LogP contribution in [0.2, 0.25) is 0 Å². The number of carbonyl (C=O) groups excluding carboxylic acids is 1. The fraction of sp³-hybridized carbons (Fsp3) is 0.333. The molecule has 5 nitrogen and oxygen atoms in total. The third-order valence-corrected chi connectivity index (χ3v) is 4.84. The van der Waals surface area contributed by atoms with Crippen molar-refractivity contribution >= 4 is 46.5 Å². The van der Waals surface area contributed by atoms with E-state index in [0.717, 1.165) is 17.8 Å². The average Bonchev–Trinajstić information content (AvgIpc) is 3.04. The number of ether oxygens (including phenoxy) is 1. The van der Waals surface area contributed by atoms with Gasteiger partial charge in [0.15, 0.2) is 5.13 Å². The normalized spacial score (nSPS) is 17.3. The number of thioether (sulfide) groups is 1. The van der Waals surface area contributed by atoms with E-state index >= 15 is 0 Å². The molecular weight excluding hydrogens is 354 g/mol. The number of aromatic nitrogens is 1. The minimum absolute atomic E-state index is 0. The molecule has 0 radical (unpaired) electrons. The van der Waals surface area contributed by atoms with Crippen LogP contribution in [0.25, 0.3) is 11.3 Å². The lowest BCUT2D eigenvalue weighted by atomic mass is 10.2. The Hall–Kier alpha value is -1.12. The first-order valence-corrected chi connectivity index (χ1v) is 9.10. The summed E-state index contributed by atoms with van der Waals surface area (Å²) in [4.78, 5) is 17.8. The zero-order valence-corrected chi connectivity index (χ0v) is 15.0. The maximum absolute atomic E-state index is 12.1. The minimum Gasteiger partial charge on any atom is -0.366 e. The second-order valence-corrected chi connectivity index (χ2v) is 6.56. The molecule has 124 valence electrons. The number of rotatable bonds is 4. The molecule has 23 heavy (non-hydrogen) atoms. The van der Waals surface area contributed by atoms with Crippen molar-refractivity contribution in [3.63, 3.8) is 0 Å². The van der Waals surface area contributed by atoms with E-state index in [1.54, 1.807) is 11.8 Å². The topological polar surface area (TPSA) is 63.2 Å². The first-order chi connectivity index (χ1) is 10.8. The van der Waals surface area contributed by atoms with Crippen molar-refractivity contribution in [3.8, 4) is 11.3 Å². The first-order valence-electron chi connectivity index (χ1n) is 6.99. The number of nitrogens with one attached hydrogen (secondary N) is 2. The van der Waals surface area contributed by atoms with Crippen molar-refractivity contribution in [3.05, 3.63) is 29.6 Å². The monoisotopic (exact) mass is 371 g/mol. The van der Waals surface area contributed by atoms with Gasteiger partial charge in [-0.05, 0) is 18.4 Å². The van der Waals surface area contributed by atoms with Crippen LogP contribution in [0.15, 0.2) is 34.5 Å². The van der Waals surface area contributed by atoms with Crippen LogP contribution in [0.3, 0.4) is 0 Å². The van der Waals surface area contributed by atoms with Crippen LogP contribution in [-0.4, -0.2) is 42.9 Å². The van der Waals surface area contributed by atoms with E-state index < -0.39 is 6.10 Å². The lowest BCUT2D eigenvalue weighted by Gasteiger charge is -2.22. The molecule has 0 aliphatic carbocycles. The van der Waals surface area contributed by atoms with Gasteiger partial charge in [0.05, 0.1) is 12.3 Å². The highest BCUT2D eigenvalue weighted by Gasteiger charge is 2.22. The number of morpholine rings is 1. The Morgan fingerprint density at radius 3 is 2.87 bits per heavy atom. The molecule has 1 amide bonds. The van der Waals surface area contributed by atoms with E-state index in [1.807, 2.05) is 23.8 Å². The van der Waals surface area contributed by atoms with Crippen molar-refractivity contribution in [1.82, 2.24) is 10.3 Å². The number of thiazole rings is 1. The van der Waals surface area contributed by atoms with E-state index in [-0.39, 0.29) is 18.3 Å². The van der Waals surface area contributed by atoms with E-state index in [1.165, 1.54) is 16.2 Å². The number of hydrogen-bond donors (Lipinski definition) is 2. The lowest BCUT2D eigenvalue weighted by Crippen LogP contribution is -2.45. The third-order valence-electron chi connectivity index (χ3n) is 3.34. The fourth-order valence-electron chi connectivity index (χ4n) is 2.15. The molecule has 1 fully saturated rings. The summed E-state index contributed by atoms with van der Waals surface area (Å²) in [6.07, 6.45) is 1.61. The number of nitrogens with zero attached hydrogens (tertiary/aromatic N) is 1. The molecule has 2 N–H and O–H groups in total. The molecule has 2 aromatic rings. The summed E-state index contributed by atoms with van der Waals surface area (Å²) in [7, 11) is 0. The summed E-state index contributed by atoms with van der Waals surface area (Å²) in [6.45, 7) is 1.89. The first kappa shape index (κ1) is 18.2. The van der Waals surface area contributed by atoms with Gasteiger partial charge in [-0.3, -0.25) is 10.1 Å². The number of anilines is 1. The number of amides is 1. The predicted molar refractivity (Wildman–Crippen MR) is 97.8 cm³/mol. The molecule has 0 spiro atoms. The smallest absolute Gasteiger partial charge is 0.256 e. The number of carbonyl (C=O) groups is 1. The van der Waals surface area contributed by atoms with Crippen molar-refractivity contribution in [2.75, 3.05) is 31.3 Å². The van der Waals surface area contributed by atoms with E-state index in [4.69, 9.17) is 4.74 Å². The standard InChI is InChI=1S/C15H17N3O2S2.ClH/c1-21-11-4-2-10(3-5-11)12-9-22-15(17-12)18-14(19)13-8-16-6-7-20-13;/h2-5,9,13,16H,6-8H2,1H3,(H,17,18,19);1H. The van der Waals surface area contributed by atoms with Crippen LogP contribution in [0.4, 0.5) is 5.13 Å². The largest absolute Gasteiger partial charge is 0.366 e. The summed E-state index contributed by atoms with van der Waals surface area (Å²) < 4.78 is 5.43. The second kappa shape index (κ2) is 8.65. The minimum atomic E-state index is -0.443. The number of hydrogen-bond acceptors (Lipinski definition) is 6. The van der Waals surface area contributed by atoms with Crippen LogP contribution in [0, 0.1) is 0 Å². The molecular formula is C15H18ClN3O2S2. The number of benzene rings is 1. The Balaban J connectivity index is 0.00000192. The zero-order valence-electron chi connectivity index (χ0n) is 12.6. The SMILES string of the molecule is CSc1ccc(-c2csc(NC(=O)C3CNCCO3)n2)cc1.Cl. The molecule has 3 rings (SSSR count). The maximum Gasteiger partial charge on any atom is 0.256 e. The summed E-state index contributed by atoms with van der Waals surface area (Å²) in [5.74, 6) is -0.147. The zero-order chi connectivity index (χ0) is 15.4. The quantitative estimate of drug-likeness (QED) is 0.809. The van der Waals surface area contributed by atoms with Gasteiger partial charge in [0.2, 0.25) is 0 Å². The fourth-order valence-corrected chi connectivity index (χ4v) is 3.28. The highest BCUT2D eigenvalue weighted by molar-refractivity contribution is 7.98. The number of halogens is 1. The molecule has 0 bridgehead atoms. The Bertz CT molecular complexity index is 642. The maximum atomic E-state index is 12.1. The molecule has 1 aromatic heterocycles. The van der Waals surface area contributed by atoms with E-state index in [9.17, 15) is 4.79 Å². The summed E-state index contributed by atoms with van der Waals surface area (Å²) >= 11 is 3.13. The Morgan fingerprint density at radius 1 is 1.43 bits per heavy atom. The average molecular weight is 372 g/mol. The van der Waals surface area contributed by atoms with Crippen LogP contribution in [-0.2, 0) is 9.53 Å². The van der Waals surface area contributed by atoms with Crippen LogP contribution < -0.4 is 10.6 Å². The van der Waals surface area contributed by atoms with Crippen LogP contribution >= 0.6 is 35.5 Å². The van der Waals surface area contributed by atoms with E-state index in [0.29, 0.717) is 18.3 Å². The van der Waals surface area contributed by atoms with E-state index in [2.05, 4.69) is 27.8 Å². The van der Waals surface area contributed by atoms with Gasteiger partial charge in [-0.25, -0.2) is 4.98 Å². The van der Waals surface area contributed by atoms with Crippen molar-refractivity contribution in [2.24, 2.45) is 0 Å². The molecule has 1 atom stereocenters. The van der Waals surface area contributed by atoms with Gasteiger partial charge in [0.1, 0.15) is 6.10 Å². The third kappa shape index (κ3) is 4.68. The molecule has 0 saturated carbocycles. The van der Waals surface area contributed by atoms with Gasteiger partial charge >= 0.3 is 0 Å². The summed E-state index contributed by atoms with van der Waals surface area (Å²) in [6, 6.07) is 8.22. The molecule has 8 heteroatoms. The van der Waals surface area contributed by atoms with Crippen molar-refractivity contribution in [2.45, 2.75) is 11.0 Å². The lowest BCUT2D eigenvalue weighted by molar-refractivity contribution is -0.128. The Kier molecular flexibility index (Phi) is 6.86. The van der Waals surface area contributed by atoms with Gasteiger partial charge in [0, 0.05) is 28.9 Å². The van der Waals surface area contributed by atoms with Crippen LogP contribution in [0.5, 0.6) is 0 Å². The highest BCUT2D eigenvalue weighted by Crippen LogP contribution is 2.26. The Morgan fingerprint density at radius 2 is 2.22 bits per heavy atom.